The maximum atomic E-state index is 13.7. The quantitative estimate of drug-likeness (QED) is 0.354. The van der Waals surface area contributed by atoms with Gasteiger partial charge in [0.1, 0.15) is 0 Å². The van der Waals surface area contributed by atoms with E-state index in [1.807, 2.05) is 36.5 Å². The van der Waals surface area contributed by atoms with Crippen LogP contribution in [-0.4, -0.2) is 46.4 Å². The van der Waals surface area contributed by atoms with E-state index in [1.165, 1.54) is 24.9 Å². The first-order chi connectivity index (χ1) is 17.0. The molecule has 0 N–H and O–H groups in total. The van der Waals surface area contributed by atoms with Crippen LogP contribution in [0.25, 0.3) is 11.1 Å². The molecule has 0 unspecified atom stereocenters. The molecule has 4 rings (SSSR count). The van der Waals surface area contributed by atoms with Crippen LogP contribution >= 0.6 is 0 Å². The molecule has 4 nitrogen and oxygen atoms in total. The van der Waals surface area contributed by atoms with E-state index in [-0.39, 0.29) is 11.9 Å². The lowest BCUT2D eigenvalue weighted by molar-refractivity contribution is 0.0547. The molecule has 184 valence electrons. The van der Waals surface area contributed by atoms with E-state index < -0.39 is 0 Å². The van der Waals surface area contributed by atoms with Crippen molar-refractivity contribution in [2.24, 2.45) is 5.92 Å². The average Bonchev–Trinajstić information content (AvgIpc) is 2.88. The summed E-state index contributed by atoms with van der Waals surface area (Å²) in [4.78, 5) is 22.7. The predicted molar refractivity (Wildman–Crippen MR) is 144 cm³/mol. The summed E-state index contributed by atoms with van der Waals surface area (Å²) in [5.74, 6) is 0.896. The molecule has 0 bridgehead atoms. The number of carbonyl (C=O) groups excluding carboxylic acids is 1. The molecule has 0 saturated carbocycles. The molecule has 1 saturated heterocycles. The topological polar surface area (TPSA) is 36.4 Å². The molecule has 2 aromatic carbocycles. The fourth-order valence-electron chi connectivity index (χ4n) is 4.99. The zero-order chi connectivity index (χ0) is 24.6. The maximum absolute atomic E-state index is 13.7. The highest BCUT2D eigenvalue weighted by Crippen LogP contribution is 2.25. The second-order valence-electron chi connectivity index (χ2n) is 10.4. The van der Waals surface area contributed by atoms with Gasteiger partial charge in [0.05, 0.1) is 0 Å². The summed E-state index contributed by atoms with van der Waals surface area (Å²) in [6.45, 7) is 10.6. The molecule has 3 aromatic rings. The van der Waals surface area contributed by atoms with Gasteiger partial charge in [0, 0.05) is 43.6 Å². The third kappa shape index (κ3) is 7.02. The summed E-state index contributed by atoms with van der Waals surface area (Å²) in [7, 11) is 0. The van der Waals surface area contributed by atoms with Crippen LogP contribution in [0.15, 0.2) is 73.1 Å². The van der Waals surface area contributed by atoms with Gasteiger partial charge in [-0.3, -0.25) is 9.78 Å². The lowest BCUT2D eigenvalue weighted by atomic mass is 9.99. The van der Waals surface area contributed by atoms with Crippen molar-refractivity contribution in [3.63, 3.8) is 0 Å². The Balaban J connectivity index is 1.51. The van der Waals surface area contributed by atoms with Crippen LogP contribution in [0.2, 0.25) is 0 Å². The summed E-state index contributed by atoms with van der Waals surface area (Å²) in [5, 5.41) is 0. The fraction of sp³-hybridized carbons (Fsp3) is 0.419. The molecule has 0 aliphatic carbocycles. The first-order valence-electron chi connectivity index (χ1n) is 13.1. The van der Waals surface area contributed by atoms with Crippen LogP contribution in [0.3, 0.4) is 0 Å². The molecular formula is C31H39N3O. The molecule has 4 heteroatoms. The summed E-state index contributed by atoms with van der Waals surface area (Å²) in [6, 6.07) is 20.8. The van der Waals surface area contributed by atoms with Crippen LogP contribution in [0.5, 0.6) is 0 Å². The van der Waals surface area contributed by atoms with Gasteiger partial charge in [0.2, 0.25) is 0 Å². The number of hydrogen-bond acceptors (Lipinski definition) is 3. The monoisotopic (exact) mass is 469 g/mol. The average molecular weight is 470 g/mol. The molecule has 1 aliphatic rings. The van der Waals surface area contributed by atoms with E-state index in [9.17, 15) is 4.79 Å². The summed E-state index contributed by atoms with van der Waals surface area (Å²) in [6.07, 6.45) is 8.29. The highest BCUT2D eigenvalue weighted by molar-refractivity contribution is 5.94. The second-order valence-corrected chi connectivity index (χ2v) is 10.4. The van der Waals surface area contributed by atoms with Crippen molar-refractivity contribution in [2.75, 3.05) is 19.6 Å². The Morgan fingerprint density at radius 2 is 1.77 bits per heavy atom. The van der Waals surface area contributed by atoms with Crippen LogP contribution in [0, 0.1) is 12.8 Å². The van der Waals surface area contributed by atoms with Crippen molar-refractivity contribution in [1.29, 1.82) is 0 Å². The Kier molecular flexibility index (Phi) is 8.70. The van der Waals surface area contributed by atoms with Crippen LogP contribution in [0.1, 0.15) is 61.0 Å². The van der Waals surface area contributed by atoms with Crippen molar-refractivity contribution < 1.29 is 4.79 Å². The van der Waals surface area contributed by atoms with Crippen molar-refractivity contribution in [3.05, 3.63) is 89.7 Å². The zero-order valence-corrected chi connectivity index (χ0v) is 21.5. The van der Waals surface area contributed by atoms with Gasteiger partial charge >= 0.3 is 0 Å². The van der Waals surface area contributed by atoms with E-state index in [0.29, 0.717) is 6.54 Å². The minimum atomic E-state index is 0.134. The minimum absolute atomic E-state index is 0.134. The number of piperidine rings is 1. The molecule has 1 amide bonds. The lowest BCUT2D eigenvalue weighted by Gasteiger charge is -2.39. The normalized spacial score (nSPS) is 14.9. The lowest BCUT2D eigenvalue weighted by Crippen LogP contribution is -2.47. The minimum Gasteiger partial charge on any atom is -0.331 e. The molecular weight excluding hydrogens is 430 g/mol. The third-order valence-corrected chi connectivity index (χ3v) is 7.09. The molecule has 35 heavy (non-hydrogen) atoms. The number of aromatic nitrogens is 1. The highest BCUT2D eigenvalue weighted by Gasteiger charge is 2.28. The molecule has 1 aromatic heterocycles. The number of amides is 1. The van der Waals surface area contributed by atoms with Gasteiger partial charge < -0.3 is 9.80 Å². The first-order valence-corrected chi connectivity index (χ1v) is 13.1. The molecule has 0 spiro atoms. The second kappa shape index (κ2) is 12.1. The summed E-state index contributed by atoms with van der Waals surface area (Å²) < 4.78 is 0. The Bertz CT molecular complexity index is 1070. The number of hydrogen-bond donors (Lipinski definition) is 0. The van der Waals surface area contributed by atoms with E-state index in [4.69, 9.17) is 0 Å². The summed E-state index contributed by atoms with van der Waals surface area (Å²) >= 11 is 0. The number of rotatable bonds is 9. The first kappa shape index (κ1) is 25.1. The number of nitrogens with zero attached hydrogens (tertiary/aromatic N) is 3. The Morgan fingerprint density at radius 1 is 1.03 bits per heavy atom. The number of aryl methyl sites for hydroxylation is 1. The Labute approximate surface area is 211 Å². The smallest absolute Gasteiger partial charge is 0.254 e. The zero-order valence-electron chi connectivity index (χ0n) is 21.5. The standard InChI is InChI=1S/C31H39N3O/c1-24(2)7-6-18-33-19-15-30(16-20-33)34(31(35)27-13-11-25(3)12-14-27)23-26-8-4-9-28(21-26)29-10-5-17-32-22-29/h4-5,8-14,17,21-22,24,30H,6-7,15-16,18-20,23H2,1-3H3. The third-order valence-electron chi connectivity index (χ3n) is 7.09. The molecule has 1 aliphatic heterocycles. The largest absolute Gasteiger partial charge is 0.331 e. The van der Waals surface area contributed by atoms with Gasteiger partial charge in [-0.25, -0.2) is 0 Å². The predicted octanol–water partition coefficient (Wildman–Crippen LogP) is 6.60. The SMILES string of the molecule is Cc1ccc(C(=O)N(Cc2cccc(-c3cccnc3)c2)C2CCN(CCCC(C)C)CC2)cc1. The van der Waals surface area contributed by atoms with Crippen LogP contribution < -0.4 is 0 Å². The Hall–Kier alpha value is -2.98. The van der Waals surface area contributed by atoms with Gasteiger partial charge in [-0.15, -0.1) is 0 Å². The van der Waals surface area contributed by atoms with Gasteiger partial charge in [-0.2, -0.15) is 0 Å². The van der Waals surface area contributed by atoms with Crippen molar-refractivity contribution in [3.8, 4) is 11.1 Å². The van der Waals surface area contributed by atoms with E-state index in [1.54, 1.807) is 6.20 Å². The van der Waals surface area contributed by atoms with Crippen LogP contribution in [0.4, 0.5) is 0 Å². The van der Waals surface area contributed by atoms with E-state index >= 15 is 0 Å². The molecule has 0 atom stereocenters. The van der Waals surface area contributed by atoms with Gasteiger partial charge in [-0.1, -0.05) is 55.8 Å². The number of likely N-dealkylation sites (tertiary alicyclic amines) is 1. The van der Waals surface area contributed by atoms with E-state index in [0.717, 1.165) is 54.1 Å². The summed E-state index contributed by atoms with van der Waals surface area (Å²) in [5.41, 5.74) is 5.34. The van der Waals surface area contributed by atoms with Crippen LogP contribution in [-0.2, 0) is 6.54 Å². The van der Waals surface area contributed by atoms with Gasteiger partial charge in [0.25, 0.3) is 5.91 Å². The maximum Gasteiger partial charge on any atom is 0.254 e. The Morgan fingerprint density at radius 3 is 2.46 bits per heavy atom. The van der Waals surface area contributed by atoms with Crippen molar-refractivity contribution in [1.82, 2.24) is 14.8 Å². The number of pyridine rings is 1. The van der Waals surface area contributed by atoms with Gasteiger partial charge in [0.15, 0.2) is 0 Å². The fourth-order valence-corrected chi connectivity index (χ4v) is 4.99. The highest BCUT2D eigenvalue weighted by atomic mass is 16.2. The number of benzene rings is 2. The number of carbonyl (C=O) groups is 1. The molecule has 0 radical (unpaired) electrons. The van der Waals surface area contributed by atoms with Gasteiger partial charge in [-0.05, 0) is 86.0 Å². The van der Waals surface area contributed by atoms with Crippen molar-refractivity contribution in [2.45, 2.75) is 59.0 Å². The molecule has 2 heterocycles. The van der Waals surface area contributed by atoms with Crippen molar-refractivity contribution >= 4 is 5.91 Å². The molecule has 1 fully saturated rings. The van der Waals surface area contributed by atoms with E-state index in [2.05, 4.69) is 65.9 Å².